The predicted molar refractivity (Wildman–Crippen MR) is 103 cm³/mol. The van der Waals surface area contributed by atoms with Gasteiger partial charge in [-0.25, -0.2) is 0 Å². The number of piperidine rings is 1. The molecule has 25 heavy (non-hydrogen) atoms. The molecule has 3 atom stereocenters. The van der Waals surface area contributed by atoms with Crippen LogP contribution in [0.25, 0.3) is 11.1 Å². The standard InChI is InChI=1S/C22H29NO2/c1-17-12-18(2)14-23(13-17)15-21(24)16-25-22-10-8-20(9-11-22)19-6-4-3-5-7-19/h3-11,17-18,21,24H,12-16H2,1-2H3/t17-,18+,21-/m0/s1. The number of β-amino-alcohol motifs (C(OH)–C–C–N with tert-alkyl or cyclic N) is 1. The summed E-state index contributed by atoms with van der Waals surface area (Å²) in [5.74, 6) is 2.23. The van der Waals surface area contributed by atoms with Crippen molar-refractivity contribution in [1.29, 1.82) is 0 Å². The van der Waals surface area contributed by atoms with Gasteiger partial charge in [-0.3, -0.25) is 0 Å². The topological polar surface area (TPSA) is 32.7 Å². The summed E-state index contributed by atoms with van der Waals surface area (Å²) in [4.78, 5) is 2.37. The number of hydrogen-bond acceptors (Lipinski definition) is 3. The summed E-state index contributed by atoms with van der Waals surface area (Å²) < 4.78 is 5.78. The van der Waals surface area contributed by atoms with Crippen LogP contribution >= 0.6 is 0 Å². The lowest BCUT2D eigenvalue weighted by Crippen LogP contribution is -2.43. The first-order chi connectivity index (χ1) is 12.1. The minimum Gasteiger partial charge on any atom is -0.491 e. The first kappa shape index (κ1) is 18.0. The number of likely N-dealkylation sites (tertiary alicyclic amines) is 1. The van der Waals surface area contributed by atoms with Crippen LogP contribution in [-0.4, -0.2) is 42.4 Å². The summed E-state index contributed by atoms with van der Waals surface area (Å²) in [5, 5.41) is 10.3. The zero-order valence-corrected chi connectivity index (χ0v) is 15.3. The van der Waals surface area contributed by atoms with E-state index in [0.29, 0.717) is 25.0 Å². The number of benzene rings is 2. The summed E-state index contributed by atoms with van der Waals surface area (Å²) in [7, 11) is 0. The maximum absolute atomic E-state index is 10.3. The monoisotopic (exact) mass is 339 g/mol. The van der Waals surface area contributed by atoms with Crippen LogP contribution in [0.5, 0.6) is 5.75 Å². The van der Waals surface area contributed by atoms with Gasteiger partial charge >= 0.3 is 0 Å². The van der Waals surface area contributed by atoms with E-state index in [-0.39, 0.29) is 0 Å². The van der Waals surface area contributed by atoms with Gasteiger partial charge in [0.15, 0.2) is 0 Å². The lowest BCUT2D eigenvalue weighted by atomic mass is 9.92. The van der Waals surface area contributed by atoms with Crippen molar-refractivity contribution < 1.29 is 9.84 Å². The van der Waals surface area contributed by atoms with Crippen molar-refractivity contribution in [1.82, 2.24) is 4.90 Å². The van der Waals surface area contributed by atoms with Crippen LogP contribution in [0.3, 0.4) is 0 Å². The Morgan fingerprint density at radius 3 is 2.20 bits per heavy atom. The average molecular weight is 339 g/mol. The molecule has 2 aromatic carbocycles. The van der Waals surface area contributed by atoms with E-state index in [4.69, 9.17) is 4.74 Å². The number of hydrogen-bond donors (Lipinski definition) is 1. The fourth-order valence-electron chi connectivity index (χ4n) is 3.86. The summed E-state index contributed by atoms with van der Waals surface area (Å²) in [6.45, 7) is 7.76. The van der Waals surface area contributed by atoms with E-state index in [2.05, 4.69) is 43.0 Å². The van der Waals surface area contributed by atoms with Crippen LogP contribution in [-0.2, 0) is 0 Å². The lowest BCUT2D eigenvalue weighted by molar-refractivity contribution is 0.0429. The molecule has 1 saturated heterocycles. The van der Waals surface area contributed by atoms with Crippen molar-refractivity contribution in [2.45, 2.75) is 26.4 Å². The van der Waals surface area contributed by atoms with Crippen LogP contribution in [0.4, 0.5) is 0 Å². The van der Waals surface area contributed by atoms with Gasteiger partial charge in [0, 0.05) is 19.6 Å². The third-order valence-corrected chi connectivity index (χ3v) is 4.82. The van der Waals surface area contributed by atoms with Crippen LogP contribution < -0.4 is 4.74 Å². The molecule has 1 aliphatic heterocycles. The maximum Gasteiger partial charge on any atom is 0.119 e. The van der Waals surface area contributed by atoms with E-state index in [1.165, 1.54) is 17.5 Å². The number of ether oxygens (including phenoxy) is 1. The molecule has 0 saturated carbocycles. The third-order valence-electron chi connectivity index (χ3n) is 4.82. The highest BCUT2D eigenvalue weighted by Gasteiger charge is 2.23. The van der Waals surface area contributed by atoms with Gasteiger partial charge in [-0.1, -0.05) is 56.3 Å². The van der Waals surface area contributed by atoms with E-state index in [1.54, 1.807) is 0 Å². The van der Waals surface area contributed by atoms with Gasteiger partial charge in [-0.15, -0.1) is 0 Å². The van der Waals surface area contributed by atoms with Crippen molar-refractivity contribution in [2.24, 2.45) is 11.8 Å². The molecular weight excluding hydrogens is 310 g/mol. The molecule has 1 N–H and O–H groups in total. The van der Waals surface area contributed by atoms with Crippen LogP contribution in [0.1, 0.15) is 20.3 Å². The van der Waals surface area contributed by atoms with Gasteiger partial charge in [0.05, 0.1) is 0 Å². The molecule has 0 aliphatic carbocycles. The van der Waals surface area contributed by atoms with Gasteiger partial charge in [-0.2, -0.15) is 0 Å². The Hall–Kier alpha value is -1.84. The molecule has 3 nitrogen and oxygen atoms in total. The molecule has 0 bridgehead atoms. The number of nitrogens with zero attached hydrogens (tertiary/aromatic N) is 1. The van der Waals surface area contributed by atoms with Gasteiger partial charge in [0.25, 0.3) is 0 Å². The van der Waals surface area contributed by atoms with E-state index in [1.807, 2.05) is 30.3 Å². The Balaban J connectivity index is 1.48. The maximum atomic E-state index is 10.3. The van der Waals surface area contributed by atoms with Crippen LogP contribution in [0.2, 0.25) is 0 Å². The fraction of sp³-hybridized carbons (Fsp3) is 0.455. The predicted octanol–water partition coefficient (Wildman–Crippen LogP) is 4.07. The highest BCUT2D eigenvalue weighted by atomic mass is 16.5. The zero-order valence-electron chi connectivity index (χ0n) is 15.3. The summed E-state index contributed by atoms with van der Waals surface area (Å²) >= 11 is 0. The van der Waals surface area contributed by atoms with Gasteiger partial charge in [0.1, 0.15) is 18.5 Å². The highest BCUT2D eigenvalue weighted by Crippen LogP contribution is 2.23. The van der Waals surface area contributed by atoms with Gasteiger partial charge < -0.3 is 14.7 Å². The van der Waals surface area contributed by atoms with Gasteiger partial charge in [-0.05, 0) is 41.5 Å². The normalized spacial score (nSPS) is 22.5. The van der Waals surface area contributed by atoms with Gasteiger partial charge in [0.2, 0.25) is 0 Å². The number of aliphatic hydroxyl groups excluding tert-OH is 1. The second kappa shape index (κ2) is 8.50. The average Bonchev–Trinajstić information content (AvgIpc) is 2.60. The fourth-order valence-corrected chi connectivity index (χ4v) is 3.86. The Morgan fingerprint density at radius 1 is 0.960 bits per heavy atom. The summed E-state index contributed by atoms with van der Waals surface area (Å²) in [6.07, 6.45) is 0.836. The molecule has 0 aromatic heterocycles. The molecule has 2 aromatic rings. The molecule has 3 rings (SSSR count). The Kier molecular flexibility index (Phi) is 6.11. The van der Waals surface area contributed by atoms with E-state index in [9.17, 15) is 5.11 Å². The van der Waals surface area contributed by atoms with Crippen molar-refractivity contribution in [3.05, 3.63) is 54.6 Å². The van der Waals surface area contributed by atoms with E-state index < -0.39 is 6.10 Å². The van der Waals surface area contributed by atoms with Crippen LogP contribution in [0, 0.1) is 11.8 Å². The van der Waals surface area contributed by atoms with Crippen molar-refractivity contribution in [3.63, 3.8) is 0 Å². The van der Waals surface area contributed by atoms with Crippen molar-refractivity contribution in [2.75, 3.05) is 26.2 Å². The van der Waals surface area contributed by atoms with E-state index in [0.717, 1.165) is 18.8 Å². The van der Waals surface area contributed by atoms with Crippen molar-refractivity contribution in [3.8, 4) is 16.9 Å². The Morgan fingerprint density at radius 2 is 1.56 bits per heavy atom. The zero-order chi connectivity index (χ0) is 17.6. The first-order valence-corrected chi connectivity index (χ1v) is 9.29. The Bertz CT molecular complexity index is 631. The Labute approximate surface area is 151 Å². The molecule has 1 heterocycles. The smallest absolute Gasteiger partial charge is 0.119 e. The molecule has 0 unspecified atom stereocenters. The quantitative estimate of drug-likeness (QED) is 0.861. The second-order valence-electron chi connectivity index (χ2n) is 7.52. The second-order valence-corrected chi connectivity index (χ2v) is 7.52. The molecule has 0 radical (unpaired) electrons. The molecule has 0 spiro atoms. The largest absolute Gasteiger partial charge is 0.491 e. The highest BCUT2D eigenvalue weighted by molar-refractivity contribution is 5.63. The molecule has 3 heteroatoms. The molecule has 0 amide bonds. The molecule has 134 valence electrons. The molecule has 1 fully saturated rings. The molecule has 1 aliphatic rings. The summed E-state index contributed by atoms with van der Waals surface area (Å²) in [6, 6.07) is 18.4. The third kappa shape index (κ3) is 5.32. The minimum atomic E-state index is -0.453. The van der Waals surface area contributed by atoms with Crippen LogP contribution in [0.15, 0.2) is 54.6 Å². The number of rotatable bonds is 6. The van der Waals surface area contributed by atoms with E-state index >= 15 is 0 Å². The first-order valence-electron chi connectivity index (χ1n) is 9.29. The number of aliphatic hydroxyl groups is 1. The molecular formula is C22H29NO2. The SMILES string of the molecule is C[C@@H]1C[C@H](C)CN(C[C@H](O)COc2ccc(-c3ccccc3)cc2)C1. The van der Waals surface area contributed by atoms with Crippen molar-refractivity contribution >= 4 is 0 Å². The summed E-state index contributed by atoms with van der Waals surface area (Å²) in [5.41, 5.74) is 2.37. The lowest BCUT2D eigenvalue weighted by Gasteiger charge is -2.35. The minimum absolute atomic E-state index is 0.337.